The number of carbonyl (C=O) groups excluding carboxylic acids is 1. The van der Waals surface area contributed by atoms with Gasteiger partial charge in [-0.2, -0.15) is 0 Å². The van der Waals surface area contributed by atoms with Crippen LogP contribution in [0.4, 0.5) is 0 Å². The van der Waals surface area contributed by atoms with Gasteiger partial charge in [-0.25, -0.2) is 0 Å². The van der Waals surface area contributed by atoms with Crippen LogP contribution in [-0.2, 0) is 0 Å². The monoisotopic (exact) mass is 324 g/mol. The fourth-order valence-corrected chi connectivity index (χ4v) is 2.88. The SMILES string of the molecule is CCNCC1CCN(C(=O)c2ccc(C(C)C)cc2)CC1.Cl. The number of amides is 1. The number of nitrogens with zero attached hydrogens (tertiary/aromatic N) is 1. The van der Waals surface area contributed by atoms with Gasteiger partial charge in [-0.15, -0.1) is 12.4 Å². The molecule has 1 aliphatic rings. The molecule has 0 bridgehead atoms. The second kappa shape index (κ2) is 9.16. The average molecular weight is 325 g/mol. The number of benzene rings is 1. The van der Waals surface area contributed by atoms with Gasteiger partial charge in [0.1, 0.15) is 0 Å². The summed E-state index contributed by atoms with van der Waals surface area (Å²) in [5, 5.41) is 3.41. The van der Waals surface area contributed by atoms with Gasteiger partial charge in [-0.3, -0.25) is 4.79 Å². The molecule has 1 N–H and O–H groups in total. The molecule has 124 valence electrons. The van der Waals surface area contributed by atoms with Crippen molar-refractivity contribution >= 4 is 18.3 Å². The second-order valence-electron chi connectivity index (χ2n) is 6.32. The molecular formula is C18H29ClN2O. The number of halogens is 1. The van der Waals surface area contributed by atoms with E-state index >= 15 is 0 Å². The molecule has 1 fully saturated rings. The van der Waals surface area contributed by atoms with Gasteiger partial charge in [0.2, 0.25) is 0 Å². The highest BCUT2D eigenvalue weighted by atomic mass is 35.5. The summed E-state index contributed by atoms with van der Waals surface area (Å²) in [5.41, 5.74) is 2.11. The highest BCUT2D eigenvalue weighted by Crippen LogP contribution is 2.20. The van der Waals surface area contributed by atoms with Crippen molar-refractivity contribution in [2.24, 2.45) is 5.92 Å². The number of piperidine rings is 1. The lowest BCUT2D eigenvalue weighted by atomic mass is 9.96. The molecule has 1 heterocycles. The predicted molar refractivity (Wildman–Crippen MR) is 95.0 cm³/mol. The van der Waals surface area contributed by atoms with Gasteiger partial charge in [-0.1, -0.05) is 32.9 Å². The molecule has 1 aliphatic heterocycles. The van der Waals surface area contributed by atoms with Crippen LogP contribution in [0.3, 0.4) is 0 Å². The molecule has 3 nitrogen and oxygen atoms in total. The minimum Gasteiger partial charge on any atom is -0.339 e. The van der Waals surface area contributed by atoms with Crippen LogP contribution in [0.15, 0.2) is 24.3 Å². The van der Waals surface area contributed by atoms with E-state index in [4.69, 9.17) is 0 Å². The second-order valence-corrected chi connectivity index (χ2v) is 6.32. The topological polar surface area (TPSA) is 32.3 Å². The Balaban J connectivity index is 0.00000242. The molecular weight excluding hydrogens is 296 g/mol. The Labute approximate surface area is 140 Å². The Kier molecular flexibility index (Phi) is 7.91. The molecule has 4 heteroatoms. The van der Waals surface area contributed by atoms with E-state index in [0.717, 1.165) is 50.5 Å². The molecule has 0 spiro atoms. The Hall–Kier alpha value is -1.06. The van der Waals surface area contributed by atoms with Crippen molar-refractivity contribution in [1.82, 2.24) is 10.2 Å². The first kappa shape index (κ1) is 19.0. The van der Waals surface area contributed by atoms with E-state index in [-0.39, 0.29) is 18.3 Å². The van der Waals surface area contributed by atoms with Crippen LogP contribution in [0.1, 0.15) is 55.5 Å². The molecule has 22 heavy (non-hydrogen) atoms. The van der Waals surface area contributed by atoms with Gasteiger partial charge < -0.3 is 10.2 Å². The third-order valence-corrected chi connectivity index (χ3v) is 4.41. The van der Waals surface area contributed by atoms with Crippen LogP contribution in [0.25, 0.3) is 0 Å². The molecule has 1 amide bonds. The van der Waals surface area contributed by atoms with Crippen molar-refractivity contribution < 1.29 is 4.79 Å². The van der Waals surface area contributed by atoms with Crippen molar-refractivity contribution in [3.8, 4) is 0 Å². The van der Waals surface area contributed by atoms with E-state index in [1.807, 2.05) is 17.0 Å². The van der Waals surface area contributed by atoms with E-state index < -0.39 is 0 Å². The Morgan fingerprint density at radius 1 is 1.23 bits per heavy atom. The number of carbonyl (C=O) groups is 1. The number of nitrogens with one attached hydrogen (secondary N) is 1. The highest BCUT2D eigenvalue weighted by molar-refractivity contribution is 5.94. The van der Waals surface area contributed by atoms with Crippen molar-refractivity contribution in [2.45, 2.75) is 39.5 Å². The van der Waals surface area contributed by atoms with Crippen LogP contribution >= 0.6 is 12.4 Å². The summed E-state index contributed by atoms with van der Waals surface area (Å²) >= 11 is 0. The molecule has 1 aromatic carbocycles. The number of rotatable bonds is 5. The fraction of sp³-hybridized carbons (Fsp3) is 0.611. The first-order valence-electron chi connectivity index (χ1n) is 8.21. The maximum atomic E-state index is 12.5. The van der Waals surface area contributed by atoms with Gasteiger partial charge in [0, 0.05) is 18.7 Å². The maximum absolute atomic E-state index is 12.5. The lowest BCUT2D eigenvalue weighted by Crippen LogP contribution is -2.40. The van der Waals surface area contributed by atoms with Gasteiger partial charge in [0.25, 0.3) is 5.91 Å². The third kappa shape index (κ3) is 4.99. The van der Waals surface area contributed by atoms with Gasteiger partial charge in [-0.05, 0) is 55.5 Å². The summed E-state index contributed by atoms with van der Waals surface area (Å²) in [7, 11) is 0. The minimum atomic E-state index is 0. The van der Waals surface area contributed by atoms with E-state index in [0.29, 0.717) is 5.92 Å². The zero-order valence-corrected chi connectivity index (χ0v) is 14.8. The zero-order valence-electron chi connectivity index (χ0n) is 14.0. The normalized spacial score (nSPS) is 15.7. The molecule has 1 saturated heterocycles. The smallest absolute Gasteiger partial charge is 0.253 e. The first-order valence-corrected chi connectivity index (χ1v) is 8.21. The summed E-state index contributed by atoms with van der Waals surface area (Å²) in [4.78, 5) is 14.5. The molecule has 0 aliphatic carbocycles. The standard InChI is InChI=1S/C18H28N2O.ClH/c1-4-19-13-15-9-11-20(12-10-15)18(21)17-7-5-16(6-8-17)14(2)3;/h5-8,14-15,19H,4,9-13H2,1-3H3;1H. The van der Waals surface area contributed by atoms with E-state index in [2.05, 4.69) is 38.2 Å². The quantitative estimate of drug-likeness (QED) is 0.895. The van der Waals surface area contributed by atoms with Crippen LogP contribution < -0.4 is 5.32 Å². The van der Waals surface area contributed by atoms with Crippen molar-refractivity contribution in [1.29, 1.82) is 0 Å². The summed E-state index contributed by atoms with van der Waals surface area (Å²) < 4.78 is 0. The fourth-order valence-electron chi connectivity index (χ4n) is 2.88. The number of likely N-dealkylation sites (tertiary alicyclic amines) is 1. The van der Waals surface area contributed by atoms with E-state index in [9.17, 15) is 4.79 Å². The van der Waals surface area contributed by atoms with Gasteiger partial charge in [0.05, 0.1) is 0 Å². The largest absolute Gasteiger partial charge is 0.339 e. The highest BCUT2D eigenvalue weighted by Gasteiger charge is 2.23. The predicted octanol–water partition coefficient (Wildman–Crippen LogP) is 3.69. The summed E-state index contributed by atoms with van der Waals surface area (Å²) in [6.07, 6.45) is 2.23. The molecule has 1 aromatic rings. The van der Waals surface area contributed by atoms with E-state index in [1.54, 1.807) is 0 Å². The number of hydrogen-bond acceptors (Lipinski definition) is 2. The van der Waals surface area contributed by atoms with Crippen molar-refractivity contribution in [2.75, 3.05) is 26.2 Å². The lowest BCUT2D eigenvalue weighted by Gasteiger charge is -2.32. The Bertz CT molecular complexity index is 451. The van der Waals surface area contributed by atoms with Gasteiger partial charge in [0.15, 0.2) is 0 Å². The van der Waals surface area contributed by atoms with Crippen LogP contribution in [0, 0.1) is 5.92 Å². The molecule has 0 radical (unpaired) electrons. The maximum Gasteiger partial charge on any atom is 0.253 e. The summed E-state index contributed by atoms with van der Waals surface area (Å²) in [6.45, 7) is 10.4. The van der Waals surface area contributed by atoms with Crippen molar-refractivity contribution in [3.05, 3.63) is 35.4 Å². The van der Waals surface area contributed by atoms with Crippen LogP contribution in [-0.4, -0.2) is 37.0 Å². The van der Waals surface area contributed by atoms with Crippen LogP contribution in [0.5, 0.6) is 0 Å². The molecule has 0 aromatic heterocycles. The summed E-state index contributed by atoms with van der Waals surface area (Å²) in [5.74, 6) is 1.42. The molecule has 0 unspecified atom stereocenters. The molecule has 0 saturated carbocycles. The minimum absolute atomic E-state index is 0. The molecule has 0 atom stereocenters. The van der Waals surface area contributed by atoms with E-state index in [1.165, 1.54) is 5.56 Å². The number of hydrogen-bond donors (Lipinski definition) is 1. The summed E-state index contributed by atoms with van der Waals surface area (Å²) in [6, 6.07) is 8.11. The zero-order chi connectivity index (χ0) is 15.2. The third-order valence-electron chi connectivity index (χ3n) is 4.41. The van der Waals surface area contributed by atoms with Crippen LogP contribution in [0.2, 0.25) is 0 Å². The van der Waals surface area contributed by atoms with Crippen molar-refractivity contribution in [3.63, 3.8) is 0 Å². The van der Waals surface area contributed by atoms with Gasteiger partial charge >= 0.3 is 0 Å². The first-order chi connectivity index (χ1) is 10.1. The average Bonchev–Trinajstić information content (AvgIpc) is 2.53. The molecule has 2 rings (SSSR count). The Morgan fingerprint density at radius 3 is 2.32 bits per heavy atom. The lowest BCUT2D eigenvalue weighted by molar-refractivity contribution is 0.0690. The Morgan fingerprint density at radius 2 is 1.82 bits per heavy atom.